The molecule has 5 nitrogen and oxygen atoms in total. The quantitative estimate of drug-likeness (QED) is 0.381. The number of Topliss-reactive ketones (excluding diaryl/α,β-unsaturated/α-hetero) is 1. The zero-order valence-electron chi connectivity index (χ0n) is 9.29. The van der Waals surface area contributed by atoms with Gasteiger partial charge >= 0.3 is 11.2 Å². The summed E-state index contributed by atoms with van der Waals surface area (Å²) < 4.78 is 85.2. The highest BCUT2D eigenvalue weighted by Crippen LogP contribution is 2.40. The standard InChI is InChI=1S/C8H12F4O5S/c1-2-6(13)5-17-4-3-7(9,10)8(11,12)18(14,15)16/h2-5H2,1H3,(H,14,15,16)/p-1. The summed E-state index contributed by atoms with van der Waals surface area (Å²) in [6.07, 6.45) is -1.60. The molecule has 0 N–H and O–H groups in total. The Morgan fingerprint density at radius 1 is 1.28 bits per heavy atom. The number of alkyl halides is 4. The van der Waals surface area contributed by atoms with Crippen molar-refractivity contribution in [3.63, 3.8) is 0 Å². The lowest BCUT2D eigenvalue weighted by Gasteiger charge is -2.28. The highest BCUT2D eigenvalue weighted by molar-refractivity contribution is 7.86. The molecule has 0 aliphatic heterocycles. The van der Waals surface area contributed by atoms with Gasteiger partial charge in [0.25, 0.3) is 0 Å². The van der Waals surface area contributed by atoms with Gasteiger partial charge in [-0.05, 0) is 0 Å². The molecule has 10 heteroatoms. The number of carbonyl (C=O) groups is 1. The summed E-state index contributed by atoms with van der Waals surface area (Å²) in [6.45, 7) is -0.0232. The lowest BCUT2D eigenvalue weighted by Crippen LogP contribution is -2.47. The van der Waals surface area contributed by atoms with Gasteiger partial charge in [-0.1, -0.05) is 6.92 Å². The predicted octanol–water partition coefficient (Wildman–Crippen LogP) is 1.15. The highest BCUT2D eigenvalue weighted by atomic mass is 32.2. The number of ether oxygens (including phenoxy) is 1. The Kier molecular flexibility index (Phi) is 5.69. The maximum atomic E-state index is 12.8. The van der Waals surface area contributed by atoms with Crippen LogP contribution in [0.25, 0.3) is 0 Å². The second-order valence-corrected chi connectivity index (χ2v) is 4.79. The Morgan fingerprint density at radius 3 is 2.17 bits per heavy atom. The predicted molar refractivity (Wildman–Crippen MR) is 50.3 cm³/mol. The summed E-state index contributed by atoms with van der Waals surface area (Å²) in [5.74, 6) is -5.48. The second-order valence-electron chi connectivity index (χ2n) is 3.37. The summed E-state index contributed by atoms with van der Waals surface area (Å²) in [4.78, 5) is 10.7. The van der Waals surface area contributed by atoms with E-state index in [1.807, 2.05) is 0 Å². The van der Waals surface area contributed by atoms with Gasteiger partial charge in [0, 0.05) is 12.8 Å². The highest BCUT2D eigenvalue weighted by Gasteiger charge is 2.61. The third kappa shape index (κ3) is 4.18. The molecular weight excluding hydrogens is 284 g/mol. The van der Waals surface area contributed by atoms with Crippen LogP contribution in [0.4, 0.5) is 17.6 Å². The van der Waals surface area contributed by atoms with Gasteiger partial charge in [-0.2, -0.15) is 17.6 Å². The first kappa shape index (κ1) is 17.3. The molecule has 0 spiro atoms. The maximum absolute atomic E-state index is 12.8. The first-order chi connectivity index (χ1) is 7.95. The topological polar surface area (TPSA) is 83.5 Å². The van der Waals surface area contributed by atoms with Crippen LogP contribution in [0.2, 0.25) is 0 Å². The van der Waals surface area contributed by atoms with Crippen molar-refractivity contribution in [3.05, 3.63) is 0 Å². The van der Waals surface area contributed by atoms with Crippen LogP contribution in [0.1, 0.15) is 19.8 Å². The Morgan fingerprint density at radius 2 is 1.78 bits per heavy atom. The van der Waals surface area contributed by atoms with Crippen LogP contribution in [-0.2, 0) is 19.6 Å². The molecule has 0 amide bonds. The minimum Gasteiger partial charge on any atom is -0.743 e. The van der Waals surface area contributed by atoms with Crippen LogP contribution in [0.15, 0.2) is 0 Å². The van der Waals surface area contributed by atoms with E-state index in [0.29, 0.717) is 0 Å². The molecule has 0 radical (unpaired) electrons. The van der Waals surface area contributed by atoms with E-state index in [4.69, 9.17) is 0 Å². The Hall–Kier alpha value is -0.740. The van der Waals surface area contributed by atoms with E-state index in [9.17, 15) is 35.3 Å². The van der Waals surface area contributed by atoms with Gasteiger partial charge in [0.05, 0.1) is 6.61 Å². The van der Waals surface area contributed by atoms with Crippen molar-refractivity contribution in [2.75, 3.05) is 13.2 Å². The molecule has 0 aromatic heterocycles. The number of carbonyl (C=O) groups excluding carboxylic acids is 1. The fourth-order valence-corrected chi connectivity index (χ4v) is 1.28. The van der Waals surface area contributed by atoms with E-state index >= 15 is 0 Å². The van der Waals surface area contributed by atoms with Crippen molar-refractivity contribution in [2.45, 2.75) is 30.9 Å². The van der Waals surface area contributed by atoms with Gasteiger partial charge in [0.1, 0.15) is 6.61 Å². The molecule has 0 aliphatic carbocycles. The smallest absolute Gasteiger partial charge is 0.396 e. The van der Waals surface area contributed by atoms with Crippen molar-refractivity contribution in [1.82, 2.24) is 0 Å². The molecule has 0 aliphatic rings. The van der Waals surface area contributed by atoms with Gasteiger partial charge in [0.15, 0.2) is 15.9 Å². The zero-order valence-corrected chi connectivity index (χ0v) is 10.1. The second kappa shape index (κ2) is 5.93. The van der Waals surface area contributed by atoms with Crippen LogP contribution in [-0.4, -0.2) is 43.1 Å². The summed E-state index contributed by atoms with van der Waals surface area (Å²) in [5, 5.41) is -5.71. The van der Waals surface area contributed by atoms with Crippen molar-refractivity contribution < 1.29 is 40.1 Å². The summed E-state index contributed by atoms with van der Waals surface area (Å²) in [5.41, 5.74) is 0. The lowest BCUT2D eigenvalue weighted by atomic mass is 10.2. The average Bonchev–Trinajstić information content (AvgIpc) is 2.22. The number of halogens is 4. The molecule has 0 aromatic carbocycles. The fraction of sp³-hybridized carbons (Fsp3) is 0.875. The van der Waals surface area contributed by atoms with Crippen LogP contribution < -0.4 is 0 Å². The monoisotopic (exact) mass is 295 g/mol. The molecule has 108 valence electrons. The number of hydrogen-bond donors (Lipinski definition) is 0. The fourth-order valence-electron chi connectivity index (χ4n) is 0.817. The molecule has 0 atom stereocenters. The molecular formula is C8H11F4O5S-. The first-order valence-electron chi connectivity index (χ1n) is 4.76. The largest absolute Gasteiger partial charge is 0.743 e. The van der Waals surface area contributed by atoms with Crippen molar-refractivity contribution in [3.8, 4) is 0 Å². The van der Waals surface area contributed by atoms with E-state index in [1.165, 1.54) is 6.92 Å². The molecule has 0 rings (SSSR count). The van der Waals surface area contributed by atoms with E-state index < -0.39 is 46.7 Å². The zero-order chi connectivity index (χ0) is 14.6. The van der Waals surface area contributed by atoms with Gasteiger partial charge in [0.2, 0.25) is 0 Å². The molecule has 18 heavy (non-hydrogen) atoms. The minimum atomic E-state index is -6.47. The average molecular weight is 295 g/mol. The van der Waals surface area contributed by atoms with Crippen LogP contribution in [0.3, 0.4) is 0 Å². The third-order valence-electron chi connectivity index (χ3n) is 1.96. The van der Waals surface area contributed by atoms with E-state index in [2.05, 4.69) is 4.74 Å². The summed E-state index contributed by atoms with van der Waals surface area (Å²) in [7, 11) is -6.47. The van der Waals surface area contributed by atoms with Crippen molar-refractivity contribution >= 4 is 15.9 Å². The minimum absolute atomic E-state index is 0.0848. The Labute approximate surface area is 101 Å². The molecule has 0 aromatic rings. The number of rotatable bonds is 8. The van der Waals surface area contributed by atoms with Crippen LogP contribution >= 0.6 is 0 Å². The number of hydrogen-bond acceptors (Lipinski definition) is 5. The van der Waals surface area contributed by atoms with Crippen LogP contribution in [0, 0.1) is 0 Å². The summed E-state index contributed by atoms with van der Waals surface area (Å²) >= 11 is 0. The Bertz CT molecular complexity index is 392. The molecule has 0 saturated carbocycles. The molecule has 0 bridgehead atoms. The van der Waals surface area contributed by atoms with Crippen LogP contribution in [0.5, 0.6) is 0 Å². The van der Waals surface area contributed by atoms with E-state index in [1.54, 1.807) is 0 Å². The lowest BCUT2D eigenvalue weighted by molar-refractivity contribution is -0.171. The maximum Gasteiger partial charge on any atom is 0.396 e. The molecule has 0 unspecified atom stereocenters. The van der Waals surface area contributed by atoms with Crippen molar-refractivity contribution in [2.24, 2.45) is 0 Å². The normalized spacial score (nSPS) is 13.7. The molecule has 0 heterocycles. The number of ketones is 1. The third-order valence-corrected chi connectivity index (χ3v) is 2.88. The van der Waals surface area contributed by atoms with Gasteiger partial charge in [-0.3, -0.25) is 4.79 Å². The molecule has 0 saturated heterocycles. The van der Waals surface area contributed by atoms with Gasteiger partial charge in [-0.25, -0.2) is 8.42 Å². The Balaban J connectivity index is 4.45. The first-order valence-corrected chi connectivity index (χ1v) is 6.17. The van der Waals surface area contributed by atoms with Gasteiger partial charge in [-0.15, -0.1) is 0 Å². The summed E-state index contributed by atoms with van der Waals surface area (Å²) in [6, 6.07) is 0. The SMILES string of the molecule is CCC(=O)COCCC(F)(F)C(F)(F)S(=O)(=O)[O-]. The molecule has 0 fully saturated rings. The van der Waals surface area contributed by atoms with Crippen molar-refractivity contribution in [1.29, 1.82) is 0 Å². The van der Waals surface area contributed by atoms with E-state index in [0.717, 1.165) is 0 Å². The van der Waals surface area contributed by atoms with Gasteiger partial charge < -0.3 is 9.29 Å². The van der Waals surface area contributed by atoms with E-state index in [-0.39, 0.29) is 6.42 Å².